The van der Waals surface area contributed by atoms with Gasteiger partial charge in [-0.15, -0.1) is 0 Å². The maximum atomic E-state index is 12.5. The van der Waals surface area contributed by atoms with Crippen LogP contribution in [0.15, 0.2) is 53.4 Å². The Kier molecular flexibility index (Phi) is 7.59. The molecule has 2 amide bonds. The molecule has 30 heavy (non-hydrogen) atoms. The van der Waals surface area contributed by atoms with Gasteiger partial charge in [-0.25, -0.2) is 13.1 Å². The van der Waals surface area contributed by atoms with Crippen LogP contribution in [-0.2, 0) is 32.5 Å². The summed E-state index contributed by atoms with van der Waals surface area (Å²) in [5.41, 5.74) is 2.69. The average Bonchev–Trinajstić information content (AvgIpc) is 2.91. The van der Waals surface area contributed by atoms with Crippen LogP contribution in [0.4, 0.5) is 5.69 Å². The second-order valence-corrected chi connectivity index (χ2v) is 9.07. The number of rotatable bonds is 9. The molecule has 0 saturated heterocycles. The van der Waals surface area contributed by atoms with Crippen molar-refractivity contribution in [1.82, 2.24) is 10.0 Å². The number of sulfonamides is 1. The minimum atomic E-state index is -3.72. The smallest absolute Gasteiger partial charge is 0.240 e. The minimum Gasteiger partial charge on any atom is -0.356 e. The molecular formula is C22H27N3O4S. The van der Waals surface area contributed by atoms with Crippen molar-refractivity contribution in [3.05, 3.63) is 59.7 Å². The minimum absolute atomic E-state index is 0.0284. The first-order valence-electron chi connectivity index (χ1n) is 10.2. The average molecular weight is 430 g/mol. The van der Waals surface area contributed by atoms with Gasteiger partial charge in [0.05, 0.1) is 4.90 Å². The fraction of sp³-hybridized carbons (Fsp3) is 0.364. The molecule has 160 valence electrons. The first kappa shape index (κ1) is 22.0. The van der Waals surface area contributed by atoms with E-state index in [9.17, 15) is 18.0 Å². The maximum Gasteiger partial charge on any atom is 0.240 e. The standard InChI is InChI=1S/C22H27N3O4S/c26-21(23-14-5-8-17-6-2-1-3-7-17)13-15-24-30(28,29)19-11-12-20-18(16-19)9-4-10-22(27)25-20/h1-3,6-7,11-12,16,24H,4-5,8-10,13-15H2,(H,23,26)(H,25,27). The van der Waals surface area contributed by atoms with Crippen LogP contribution in [0, 0.1) is 0 Å². The predicted octanol–water partition coefficient (Wildman–Crippen LogP) is 2.38. The highest BCUT2D eigenvalue weighted by Crippen LogP contribution is 2.25. The lowest BCUT2D eigenvalue weighted by molar-refractivity contribution is -0.121. The molecule has 2 aromatic rings. The summed E-state index contributed by atoms with van der Waals surface area (Å²) >= 11 is 0. The van der Waals surface area contributed by atoms with Crippen LogP contribution in [0.3, 0.4) is 0 Å². The van der Waals surface area contributed by atoms with E-state index in [0.29, 0.717) is 31.5 Å². The van der Waals surface area contributed by atoms with Gasteiger partial charge in [-0.2, -0.15) is 0 Å². The number of aryl methyl sites for hydroxylation is 2. The molecule has 0 bridgehead atoms. The molecule has 1 heterocycles. The molecule has 0 saturated carbocycles. The van der Waals surface area contributed by atoms with Gasteiger partial charge >= 0.3 is 0 Å². The van der Waals surface area contributed by atoms with E-state index < -0.39 is 10.0 Å². The monoisotopic (exact) mass is 429 g/mol. The summed E-state index contributed by atoms with van der Waals surface area (Å²) in [4.78, 5) is 23.7. The zero-order valence-electron chi connectivity index (χ0n) is 16.8. The van der Waals surface area contributed by atoms with Crippen molar-refractivity contribution in [2.75, 3.05) is 18.4 Å². The highest BCUT2D eigenvalue weighted by atomic mass is 32.2. The second kappa shape index (κ2) is 10.4. The lowest BCUT2D eigenvalue weighted by Crippen LogP contribution is -2.31. The third kappa shape index (κ3) is 6.40. The van der Waals surface area contributed by atoms with E-state index in [4.69, 9.17) is 0 Å². The summed E-state index contributed by atoms with van der Waals surface area (Å²) in [5.74, 6) is -0.243. The Morgan fingerprint density at radius 1 is 1.03 bits per heavy atom. The molecule has 1 aliphatic rings. The summed E-state index contributed by atoms with van der Waals surface area (Å²) in [6.07, 6.45) is 3.53. The topological polar surface area (TPSA) is 104 Å². The van der Waals surface area contributed by atoms with Gasteiger partial charge in [0.1, 0.15) is 0 Å². The van der Waals surface area contributed by atoms with Crippen LogP contribution in [0.5, 0.6) is 0 Å². The fourth-order valence-corrected chi connectivity index (χ4v) is 4.44. The Morgan fingerprint density at radius 3 is 2.63 bits per heavy atom. The zero-order chi connectivity index (χ0) is 21.4. The van der Waals surface area contributed by atoms with Gasteiger partial charge in [0.15, 0.2) is 0 Å². The molecule has 7 nitrogen and oxygen atoms in total. The summed E-state index contributed by atoms with van der Waals surface area (Å²) in [6.45, 7) is 0.581. The van der Waals surface area contributed by atoms with Crippen molar-refractivity contribution in [3.63, 3.8) is 0 Å². The molecular weight excluding hydrogens is 402 g/mol. The molecule has 3 rings (SSSR count). The number of hydrogen-bond acceptors (Lipinski definition) is 4. The van der Waals surface area contributed by atoms with E-state index in [1.54, 1.807) is 12.1 Å². The van der Waals surface area contributed by atoms with E-state index in [0.717, 1.165) is 18.4 Å². The van der Waals surface area contributed by atoms with Gasteiger partial charge in [0, 0.05) is 31.6 Å². The Labute approximate surface area is 177 Å². The SMILES string of the molecule is O=C(CCNS(=O)(=O)c1ccc2c(c1)CCCC(=O)N2)NCCCc1ccccc1. The Hall–Kier alpha value is -2.71. The van der Waals surface area contributed by atoms with Gasteiger partial charge in [0.25, 0.3) is 0 Å². The zero-order valence-corrected chi connectivity index (χ0v) is 17.6. The highest BCUT2D eigenvalue weighted by Gasteiger charge is 2.19. The first-order chi connectivity index (χ1) is 14.4. The Morgan fingerprint density at radius 2 is 1.83 bits per heavy atom. The molecule has 3 N–H and O–H groups in total. The van der Waals surface area contributed by atoms with Crippen molar-refractivity contribution in [1.29, 1.82) is 0 Å². The number of fused-ring (bicyclic) bond motifs is 1. The van der Waals surface area contributed by atoms with Crippen LogP contribution in [0.1, 0.15) is 36.8 Å². The highest BCUT2D eigenvalue weighted by molar-refractivity contribution is 7.89. The van der Waals surface area contributed by atoms with Crippen LogP contribution < -0.4 is 15.4 Å². The molecule has 8 heteroatoms. The fourth-order valence-electron chi connectivity index (χ4n) is 3.35. The summed E-state index contributed by atoms with van der Waals surface area (Å²) in [6, 6.07) is 14.7. The van der Waals surface area contributed by atoms with Crippen LogP contribution >= 0.6 is 0 Å². The maximum absolute atomic E-state index is 12.5. The number of nitrogens with one attached hydrogen (secondary N) is 3. The number of benzene rings is 2. The van der Waals surface area contributed by atoms with Gasteiger partial charge < -0.3 is 10.6 Å². The molecule has 0 aromatic heterocycles. The predicted molar refractivity (Wildman–Crippen MR) is 116 cm³/mol. The van der Waals surface area contributed by atoms with Crippen molar-refractivity contribution in [3.8, 4) is 0 Å². The number of carbonyl (C=O) groups is 2. The van der Waals surface area contributed by atoms with Crippen LogP contribution in [0.25, 0.3) is 0 Å². The molecule has 0 spiro atoms. The van der Waals surface area contributed by atoms with Crippen molar-refractivity contribution < 1.29 is 18.0 Å². The number of amides is 2. The van der Waals surface area contributed by atoms with Gasteiger partial charge in [-0.1, -0.05) is 30.3 Å². The molecule has 0 unspecified atom stereocenters. The molecule has 0 fully saturated rings. The number of anilines is 1. The summed E-state index contributed by atoms with van der Waals surface area (Å²) < 4.78 is 27.6. The number of hydrogen-bond donors (Lipinski definition) is 3. The number of carbonyl (C=O) groups excluding carboxylic acids is 2. The molecule has 0 aliphatic carbocycles. The third-order valence-electron chi connectivity index (χ3n) is 4.96. The van der Waals surface area contributed by atoms with Gasteiger partial charge in [0.2, 0.25) is 21.8 Å². The van der Waals surface area contributed by atoms with Crippen LogP contribution in [0.2, 0.25) is 0 Å². The van der Waals surface area contributed by atoms with Crippen molar-refractivity contribution >= 4 is 27.5 Å². The van der Waals surface area contributed by atoms with Crippen LogP contribution in [-0.4, -0.2) is 33.3 Å². The van der Waals surface area contributed by atoms with E-state index in [2.05, 4.69) is 15.4 Å². The third-order valence-corrected chi connectivity index (χ3v) is 6.42. The molecule has 0 radical (unpaired) electrons. The quantitative estimate of drug-likeness (QED) is 0.532. The Balaban J connectivity index is 1.43. The summed E-state index contributed by atoms with van der Waals surface area (Å²) in [7, 11) is -3.72. The lowest BCUT2D eigenvalue weighted by Gasteiger charge is -2.11. The van der Waals surface area contributed by atoms with Crippen molar-refractivity contribution in [2.45, 2.75) is 43.4 Å². The van der Waals surface area contributed by atoms with Gasteiger partial charge in [-0.05, 0) is 55.0 Å². The Bertz CT molecular complexity index is 991. The second-order valence-electron chi connectivity index (χ2n) is 7.31. The molecule has 0 atom stereocenters. The lowest BCUT2D eigenvalue weighted by atomic mass is 10.1. The van der Waals surface area contributed by atoms with Crippen molar-refractivity contribution in [2.24, 2.45) is 0 Å². The molecule has 2 aromatic carbocycles. The first-order valence-corrected chi connectivity index (χ1v) is 11.7. The molecule has 1 aliphatic heterocycles. The van der Waals surface area contributed by atoms with E-state index in [-0.39, 0.29) is 29.7 Å². The van der Waals surface area contributed by atoms with E-state index in [1.165, 1.54) is 11.6 Å². The summed E-state index contributed by atoms with van der Waals surface area (Å²) in [5, 5.41) is 5.60. The van der Waals surface area contributed by atoms with E-state index >= 15 is 0 Å². The normalized spacial score (nSPS) is 13.8. The largest absolute Gasteiger partial charge is 0.356 e. The van der Waals surface area contributed by atoms with E-state index in [1.807, 2.05) is 30.3 Å². The van der Waals surface area contributed by atoms with Gasteiger partial charge in [-0.3, -0.25) is 9.59 Å².